The predicted molar refractivity (Wildman–Crippen MR) is 97.4 cm³/mol. The molecule has 1 aliphatic carbocycles. The monoisotopic (exact) mass is 324 g/mol. The largest absolute Gasteiger partial charge is 0.497 e. The SMILES string of the molecule is CCC1C2[C@H]3CC(CN2CCC2C3=Nc3ccc(OC)cc32)[C@@H]1C. The molecule has 3 saturated heterocycles. The number of benzene rings is 1. The van der Waals surface area contributed by atoms with Gasteiger partial charge in [-0.25, -0.2) is 0 Å². The first-order chi connectivity index (χ1) is 11.7. The van der Waals surface area contributed by atoms with Gasteiger partial charge in [-0.3, -0.25) is 9.89 Å². The first-order valence-corrected chi connectivity index (χ1v) is 9.71. The molecular formula is C21H28N2O. The van der Waals surface area contributed by atoms with Crippen LogP contribution in [0.15, 0.2) is 23.2 Å². The van der Waals surface area contributed by atoms with Gasteiger partial charge in [0.1, 0.15) is 5.75 Å². The maximum absolute atomic E-state index is 5.47. The summed E-state index contributed by atoms with van der Waals surface area (Å²) in [5.41, 5.74) is 4.11. The van der Waals surface area contributed by atoms with Crippen molar-refractivity contribution in [1.82, 2.24) is 4.90 Å². The lowest BCUT2D eigenvalue weighted by atomic mass is 9.59. The van der Waals surface area contributed by atoms with E-state index in [4.69, 9.17) is 9.73 Å². The molecule has 4 bridgehead atoms. The minimum absolute atomic E-state index is 0.525. The van der Waals surface area contributed by atoms with Gasteiger partial charge < -0.3 is 4.74 Å². The average Bonchev–Trinajstić information content (AvgIpc) is 2.93. The summed E-state index contributed by atoms with van der Waals surface area (Å²) in [6, 6.07) is 7.19. The van der Waals surface area contributed by atoms with Gasteiger partial charge in [-0.2, -0.15) is 0 Å². The van der Waals surface area contributed by atoms with Crippen LogP contribution in [-0.4, -0.2) is 36.9 Å². The van der Waals surface area contributed by atoms with Crippen molar-refractivity contribution in [2.24, 2.45) is 28.7 Å². The van der Waals surface area contributed by atoms with Gasteiger partial charge in [-0.05, 0) is 60.9 Å². The third-order valence-electron chi connectivity index (χ3n) is 7.49. The van der Waals surface area contributed by atoms with Crippen molar-refractivity contribution >= 4 is 11.4 Å². The van der Waals surface area contributed by atoms with Crippen LogP contribution in [0.5, 0.6) is 5.75 Å². The van der Waals surface area contributed by atoms with Crippen molar-refractivity contribution in [2.75, 3.05) is 20.2 Å². The molecule has 3 nitrogen and oxygen atoms in total. The number of piperidine rings is 2. The van der Waals surface area contributed by atoms with Crippen LogP contribution in [0, 0.1) is 23.7 Å². The summed E-state index contributed by atoms with van der Waals surface area (Å²) in [6.07, 6.45) is 3.90. The highest BCUT2D eigenvalue weighted by Crippen LogP contribution is 2.54. The van der Waals surface area contributed by atoms with E-state index in [1.807, 2.05) is 0 Å². The van der Waals surface area contributed by atoms with Gasteiger partial charge in [0.25, 0.3) is 0 Å². The number of ether oxygens (including phenoxy) is 1. The molecule has 0 amide bonds. The first kappa shape index (κ1) is 14.9. The van der Waals surface area contributed by atoms with Gasteiger partial charge >= 0.3 is 0 Å². The highest BCUT2D eigenvalue weighted by molar-refractivity contribution is 6.00. The molecule has 7 atom stereocenters. The van der Waals surface area contributed by atoms with E-state index in [1.165, 1.54) is 49.3 Å². The summed E-state index contributed by atoms with van der Waals surface area (Å²) in [5, 5.41) is 0. The molecule has 4 aliphatic heterocycles. The summed E-state index contributed by atoms with van der Waals surface area (Å²) in [6.45, 7) is 7.46. The normalized spacial score (nSPS) is 42.1. The fraction of sp³-hybridized carbons (Fsp3) is 0.667. The zero-order valence-corrected chi connectivity index (χ0v) is 15.0. The Kier molecular flexibility index (Phi) is 3.31. The highest BCUT2D eigenvalue weighted by Gasteiger charge is 2.54. The Labute approximate surface area is 145 Å². The number of rotatable bonds is 2. The Balaban J connectivity index is 1.56. The minimum Gasteiger partial charge on any atom is -0.497 e. The molecule has 1 aromatic rings. The van der Waals surface area contributed by atoms with Crippen molar-refractivity contribution in [1.29, 1.82) is 0 Å². The standard InChI is InChI=1S/C21H28N2O/c1-4-15-12(2)13-9-18-20-16(7-8-23(11-13)21(15)18)17-10-14(24-3)5-6-19(17)22-20/h5-6,10,12-13,15-16,18,21H,4,7-9,11H2,1-3H3/t12-,13?,15?,16?,18-,21?/m0/s1. The maximum Gasteiger partial charge on any atom is 0.119 e. The highest BCUT2D eigenvalue weighted by atomic mass is 16.5. The Hall–Kier alpha value is -1.35. The zero-order valence-electron chi connectivity index (χ0n) is 15.0. The molecule has 128 valence electrons. The topological polar surface area (TPSA) is 24.8 Å². The molecule has 5 unspecified atom stereocenters. The molecule has 6 rings (SSSR count). The summed E-state index contributed by atoms with van der Waals surface area (Å²) in [4.78, 5) is 8.00. The van der Waals surface area contributed by atoms with Crippen molar-refractivity contribution in [3.63, 3.8) is 0 Å². The number of methoxy groups -OCH3 is 1. The van der Waals surface area contributed by atoms with E-state index >= 15 is 0 Å². The van der Waals surface area contributed by atoms with E-state index < -0.39 is 0 Å². The van der Waals surface area contributed by atoms with Crippen LogP contribution < -0.4 is 4.74 Å². The second-order valence-corrected chi connectivity index (χ2v) is 8.32. The quantitative estimate of drug-likeness (QED) is 0.812. The van der Waals surface area contributed by atoms with Gasteiger partial charge in [0.15, 0.2) is 0 Å². The lowest BCUT2D eigenvalue weighted by Crippen LogP contribution is -2.61. The number of fused-ring (bicyclic) bond motifs is 4. The Morgan fingerprint density at radius 3 is 3.00 bits per heavy atom. The molecular weight excluding hydrogens is 296 g/mol. The Bertz CT molecular complexity index is 697. The van der Waals surface area contributed by atoms with Crippen molar-refractivity contribution in [3.8, 4) is 5.75 Å². The van der Waals surface area contributed by atoms with Crippen molar-refractivity contribution < 1.29 is 4.74 Å². The minimum atomic E-state index is 0.525. The summed E-state index contributed by atoms with van der Waals surface area (Å²) < 4.78 is 5.47. The second kappa shape index (κ2) is 5.32. The Morgan fingerprint density at radius 1 is 1.33 bits per heavy atom. The van der Waals surface area contributed by atoms with E-state index in [-0.39, 0.29) is 0 Å². The van der Waals surface area contributed by atoms with Crippen LogP contribution in [0.2, 0.25) is 0 Å². The van der Waals surface area contributed by atoms with Crippen molar-refractivity contribution in [3.05, 3.63) is 23.8 Å². The molecule has 5 aliphatic rings. The smallest absolute Gasteiger partial charge is 0.119 e. The van der Waals surface area contributed by atoms with E-state index in [1.54, 1.807) is 7.11 Å². The molecule has 24 heavy (non-hydrogen) atoms. The summed E-state index contributed by atoms with van der Waals surface area (Å²) in [5.74, 6) is 4.77. The zero-order chi connectivity index (χ0) is 16.4. The van der Waals surface area contributed by atoms with Gasteiger partial charge in [0.2, 0.25) is 0 Å². The summed E-state index contributed by atoms with van der Waals surface area (Å²) >= 11 is 0. The molecule has 3 heteroatoms. The van der Waals surface area contributed by atoms with Gasteiger partial charge in [-0.15, -0.1) is 0 Å². The predicted octanol–water partition coefficient (Wildman–Crippen LogP) is 4.25. The fourth-order valence-corrected chi connectivity index (χ4v) is 6.33. The van der Waals surface area contributed by atoms with Gasteiger partial charge in [0.05, 0.1) is 12.8 Å². The maximum atomic E-state index is 5.47. The fourth-order valence-electron chi connectivity index (χ4n) is 6.33. The van der Waals surface area contributed by atoms with E-state index in [2.05, 4.69) is 36.9 Å². The molecule has 0 spiro atoms. The van der Waals surface area contributed by atoms with E-state index in [9.17, 15) is 0 Å². The first-order valence-electron chi connectivity index (χ1n) is 9.71. The lowest BCUT2D eigenvalue weighted by Gasteiger charge is -2.56. The molecule has 0 N–H and O–H groups in total. The lowest BCUT2D eigenvalue weighted by molar-refractivity contribution is -0.0575. The summed E-state index contributed by atoms with van der Waals surface area (Å²) in [7, 11) is 1.76. The van der Waals surface area contributed by atoms with E-state index in [0.717, 1.165) is 29.5 Å². The number of aliphatic imine (C=N–C) groups is 1. The third kappa shape index (κ3) is 1.91. The van der Waals surface area contributed by atoms with Crippen LogP contribution in [-0.2, 0) is 0 Å². The molecule has 4 fully saturated rings. The number of hydrogen-bond acceptors (Lipinski definition) is 3. The molecule has 1 aromatic carbocycles. The third-order valence-corrected chi connectivity index (χ3v) is 7.49. The number of nitrogens with zero attached hydrogens (tertiary/aromatic N) is 2. The molecule has 0 aromatic heterocycles. The van der Waals surface area contributed by atoms with Crippen LogP contribution >= 0.6 is 0 Å². The van der Waals surface area contributed by atoms with Gasteiger partial charge in [-0.1, -0.05) is 20.3 Å². The van der Waals surface area contributed by atoms with Gasteiger partial charge in [0, 0.05) is 30.1 Å². The van der Waals surface area contributed by atoms with E-state index in [0.29, 0.717) is 11.8 Å². The second-order valence-electron chi connectivity index (χ2n) is 8.32. The molecule has 1 saturated carbocycles. The molecule has 4 heterocycles. The van der Waals surface area contributed by atoms with Crippen LogP contribution in [0.3, 0.4) is 0 Å². The van der Waals surface area contributed by atoms with Crippen molar-refractivity contribution in [2.45, 2.75) is 45.1 Å². The number of hydrogen-bond donors (Lipinski definition) is 0. The molecule has 0 radical (unpaired) electrons. The average molecular weight is 324 g/mol. The van der Waals surface area contributed by atoms with Crippen LogP contribution in [0.1, 0.15) is 44.6 Å². The Morgan fingerprint density at radius 2 is 2.21 bits per heavy atom. The van der Waals surface area contributed by atoms with Crippen LogP contribution in [0.4, 0.5) is 5.69 Å². The van der Waals surface area contributed by atoms with Crippen LogP contribution in [0.25, 0.3) is 0 Å².